The van der Waals surface area contributed by atoms with Crippen molar-refractivity contribution in [1.82, 2.24) is 0 Å². The number of carbonyl (C=O) groups is 2. The third-order valence-electron chi connectivity index (χ3n) is 3.95. The molecule has 0 aromatic heterocycles. The largest absolute Gasteiger partial charge is 0.481 e. The fraction of sp³-hybridized carbons (Fsp3) is 0.500. The van der Waals surface area contributed by atoms with Gasteiger partial charge in [-0.15, -0.1) is 0 Å². The minimum absolute atomic E-state index is 0.139. The maximum absolute atomic E-state index is 12.2. The molecule has 0 spiro atoms. The molecular weight excluding hydrogens is 240 g/mol. The standard InChI is InChI=1S/C16H20O3/c1-11-4-2-6-13(8-11)15(17)10-12-5-3-7-14(9-12)16(18)19/h2,4,6,8,12,14H,3,5,7,9-10H2,1H3,(H,18,19). The van der Waals surface area contributed by atoms with E-state index in [2.05, 4.69) is 0 Å². The Kier molecular flexibility index (Phi) is 4.35. The highest BCUT2D eigenvalue weighted by Crippen LogP contribution is 2.32. The Bertz CT molecular complexity index is 479. The van der Waals surface area contributed by atoms with Gasteiger partial charge in [0.25, 0.3) is 0 Å². The van der Waals surface area contributed by atoms with Crippen molar-refractivity contribution in [3.63, 3.8) is 0 Å². The van der Waals surface area contributed by atoms with Crippen molar-refractivity contribution in [3.8, 4) is 0 Å². The summed E-state index contributed by atoms with van der Waals surface area (Å²) in [5, 5.41) is 9.06. The summed E-state index contributed by atoms with van der Waals surface area (Å²) in [6.45, 7) is 1.97. The van der Waals surface area contributed by atoms with Gasteiger partial charge in [0.1, 0.15) is 0 Å². The molecule has 1 aromatic rings. The fourth-order valence-electron chi connectivity index (χ4n) is 2.90. The zero-order valence-corrected chi connectivity index (χ0v) is 11.3. The summed E-state index contributed by atoms with van der Waals surface area (Å²) in [4.78, 5) is 23.2. The van der Waals surface area contributed by atoms with E-state index in [9.17, 15) is 9.59 Å². The number of benzene rings is 1. The summed E-state index contributed by atoms with van der Waals surface area (Å²) in [6.07, 6.45) is 3.77. The molecule has 2 unspecified atom stereocenters. The lowest BCUT2D eigenvalue weighted by Crippen LogP contribution is -2.24. The molecule has 1 aliphatic carbocycles. The van der Waals surface area contributed by atoms with Crippen LogP contribution in [0.15, 0.2) is 24.3 Å². The lowest BCUT2D eigenvalue weighted by atomic mass is 9.78. The van der Waals surface area contributed by atoms with Gasteiger partial charge in [0.05, 0.1) is 5.92 Å². The predicted molar refractivity (Wildman–Crippen MR) is 73.2 cm³/mol. The Labute approximate surface area is 113 Å². The molecule has 0 saturated heterocycles. The molecule has 3 nitrogen and oxygen atoms in total. The maximum atomic E-state index is 12.2. The van der Waals surface area contributed by atoms with E-state index in [0.29, 0.717) is 12.8 Å². The first-order valence-corrected chi connectivity index (χ1v) is 6.89. The lowest BCUT2D eigenvalue weighted by molar-refractivity contribution is -0.143. The van der Waals surface area contributed by atoms with Crippen LogP contribution >= 0.6 is 0 Å². The third-order valence-corrected chi connectivity index (χ3v) is 3.95. The molecule has 102 valence electrons. The van der Waals surface area contributed by atoms with Crippen LogP contribution in [0.2, 0.25) is 0 Å². The average Bonchev–Trinajstić information content (AvgIpc) is 2.39. The molecule has 0 amide bonds. The number of rotatable bonds is 4. The molecule has 0 aliphatic heterocycles. The van der Waals surface area contributed by atoms with Gasteiger partial charge in [-0.25, -0.2) is 0 Å². The van der Waals surface area contributed by atoms with Gasteiger partial charge in [-0.2, -0.15) is 0 Å². The number of hydrogen-bond acceptors (Lipinski definition) is 2. The Morgan fingerprint density at radius 2 is 2.11 bits per heavy atom. The van der Waals surface area contributed by atoms with Crippen molar-refractivity contribution in [2.75, 3.05) is 0 Å². The Morgan fingerprint density at radius 1 is 1.32 bits per heavy atom. The highest BCUT2D eigenvalue weighted by molar-refractivity contribution is 5.96. The van der Waals surface area contributed by atoms with Crippen LogP contribution in [0.25, 0.3) is 0 Å². The average molecular weight is 260 g/mol. The topological polar surface area (TPSA) is 54.4 Å². The second-order valence-electron chi connectivity index (χ2n) is 5.56. The highest BCUT2D eigenvalue weighted by Gasteiger charge is 2.28. The maximum Gasteiger partial charge on any atom is 0.306 e. The number of aliphatic carboxylic acids is 1. The second kappa shape index (κ2) is 6.00. The SMILES string of the molecule is Cc1cccc(C(=O)CC2CCCC(C(=O)O)C2)c1. The molecule has 1 aromatic carbocycles. The summed E-state index contributed by atoms with van der Waals surface area (Å²) in [7, 11) is 0. The quantitative estimate of drug-likeness (QED) is 0.843. The molecule has 2 rings (SSSR count). The Hall–Kier alpha value is -1.64. The molecule has 19 heavy (non-hydrogen) atoms. The lowest BCUT2D eigenvalue weighted by Gasteiger charge is -2.26. The first-order chi connectivity index (χ1) is 9.06. The van der Waals surface area contributed by atoms with Crippen LogP contribution in [-0.2, 0) is 4.79 Å². The van der Waals surface area contributed by atoms with Crippen molar-refractivity contribution in [2.45, 2.75) is 39.0 Å². The van der Waals surface area contributed by atoms with Gasteiger partial charge in [-0.3, -0.25) is 9.59 Å². The second-order valence-corrected chi connectivity index (χ2v) is 5.56. The summed E-state index contributed by atoms with van der Waals surface area (Å²) in [5.41, 5.74) is 1.83. The van der Waals surface area contributed by atoms with E-state index in [1.807, 2.05) is 31.2 Å². The van der Waals surface area contributed by atoms with Crippen LogP contribution in [0, 0.1) is 18.8 Å². The zero-order valence-electron chi connectivity index (χ0n) is 11.3. The predicted octanol–water partition coefficient (Wildman–Crippen LogP) is 3.46. The molecule has 1 N–H and O–H groups in total. The van der Waals surface area contributed by atoms with E-state index in [4.69, 9.17) is 5.11 Å². The van der Waals surface area contributed by atoms with E-state index in [-0.39, 0.29) is 17.6 Å². The van der Waals surface area contributed by atoms with Gasteiger partial charge in [0.2, 0.25) is 0 Å². The molecule has 0 heterocycles. The number of aryl methyl sites for hydroxylation is 1. The normalized spacial score (nSPS) is 23.0. The van der Waals surface area contributed by atoms with Crippen LogP contribution in [-0.4, -0.2) is 16.9 Å². The van der Waals surface area contributed by atoms with Gasteiger partial charge in [-0.1, -0.05) is 30.2 Å². The van der Waals surface area contributed by atoms with Crippen molar-refractivity contribution in [1.29, 1.82) is 0 Å². The van der Waals surface area contributed by atoms with E-state index in [1.54, 1.807) is 0 Å². The van der Waals surface area contributed by atoms with Crippen molar-refractivity contribution in [2.24, 2.45) is 11.8 Å². The molecule has 3 heteroatoms. The summed E-state index contributed by atoms with van der Waals surface area (Å²) >= 11 is 0. The van der Waals surface area contributed by atoms with Crippen LogP contribution in [0.1, 0.15) is 48.0 Å². The van der Waals surface area contributed by atoms with Gasteiger partial charge >= 0.3 is 5.97 Å². The first-order valence-electron chi connectivity index (χ1n) is 6.89. The molecule has 0 radical (unpaired) electrons. The van der Waals surface area contributed by atoms with Crippen LogP contribution in [0.3, 0.4) is 0 Å². The van der Waals surface area contributed by atoms with Crippen LogP contribution in [0.4, 0.5) is 0 Å². The third kappa shape index (κ3) is 3.66. The van der Waals surface area contributed by atoms with E-state index in [1.165, 1.54) is 0 Å². The van der Waals surface area contributed by atoms with Crippen molar-refractivity contribution < 1.29 is 14.7 Å². The minimum atomic E-state index is -0.715. The van der Waals surface area contributed by atoms with Crippen molar-refractivity contribution >= 4 is 11.8 Å². The molecule has 1 aliphatic rings. The Morgan fingerprint density at radius 3 is 2.79 bits per heavy atom. The van der Waals surface area contributed by atoms with Gasteiger partial charge in [0, 0.05) is 12.0 Å². The minimum Gasteiger partial charge on any atom is -0.481 e. The van der Waals surface area contributed by atoms with E-state index in [0.717, 1.165) is 30.4 Å². The molecular formula is C16H20O3. The number of carboxylic acids is 1. The summed E-state index contributed by atoms with van der Waals surface area (Å²) in [5.74, 6) is -0.612. The number of hydrogen-bond donors (Lipinski definition) is 1. The van der Waals surface area contributed by atoms with Gasteiger partial charge in [0.15, 0.2) is 5.78 Å². The van der Waals surface area contributed by atoms with E-state index >= 15 is 0 Å². The molecule has 0 bridgehead atoms. The molecule has 1 fully saturated rings. The number of carbonyl (C=O) groups excluding carboxylic acids is 1. The first kappa shape index (κ1) is 13.8. The summed E-state index contributed by atoms with van der Waals surface area (Å²) in [6, 6.07) is 7.61. The fourth-order valence-corrected chi connectivity index (χ4v) is 2.90. The van der Waals surface area contributed by atoms with Gasteiger partial charge < -0.3 is 5.11 Å². The smallest absolute Gasteiger partial charge is 0.306 e. The van der Waals surface area contributed by atoms with Crippen molar-refractivity contribution in [3.05, 3.63) is 35.4 Å². The molecule has 1 saturated carbocycles. The summed E-state index contributed by atoms with van der Waals surface area (Å²) < 4.78 is 0. The number of Topliss-reactive ketones (excluding diaryl/α,β-unsaturated/α-hetero) is 1. The number of ketones is 1. The highest BCUT2D eigenvalue weighted by atomic mass is 16.4. The number of carboxylic acid groups (broad SMARTS) is 1. The van der Waals surface area contributed by atoms with E-state index < -0.39 is 5.97 Å². The monoisotopic (exact) mass is 260 g/mol. The van der Waals surface area contributed by atoms with Crippen LogP contribution < -0.4 is 0 Å². The zero-order chi connectivity index (χ0) is 13.8. The molecule has 2 atom stereocenters. The van der Waals surface area contributed by atoms with Gasteiger partial charge in [-0.05, 0) is 38.2 Å². The Balaban J connectivity index is 1.97. The van der Waals surface area contributed by atoms with Crippen LogP contribution in [0.5, 0.6) is 0 Å².